The van der Waals surface area contributed by atoms with E-state index >= 15 is 0 Å². The molecule has 0 bridgehead atoms. The highest BCUT2D eigenvalue weighted by atomic mass is 35.5. The fraction of sp³-hybridized carbons (Fsp3) is 0.483. The number of amides is 1. The summed E-state index contributed by atoms with van der Waals surface area (Å²) in [4.78, 5) is 15.6. The third kappa shape index (κ3) is 6.74. The van der Waals surface area contributed by atoms with Crippen molar-refractivity contribution in [1.29, 1.82) is 0 Å². The topological polar surface area (TPSA) is 38.8 Å². The van der Waals surface area contributed by atoms with Crippen molar-refractivity contribution < 1.29 is 14.3 Å². The lowest BCUT2D eigenvalue weighted by molar-refractivity contribution is -0.132. The third-order valence-corrected chi connectivity index (χ3v) is 7.94. The normalized spacial score (nSPS) is 17.5. The van der Waals surface area contributed by atoms with Crippen LogP contribution in [0.15, 0.2) is 42.5 Å². The monoisotopic (exact) mass is 515 g/mol. The zero-order valence-electron chi connectivity index (χ0n) is 20.5. The predicted octanol–water partition coefficient (Wildman–Crippen LogP) is 8.09. The largest absolute Gasteiger partial charge is 0.493 e. The molecule has 0 spiro atoms. The Kier molecular flexibility index (Phi) is 9.39. The first-order valence-corrected chi connectivity index (χ1v) is 13.6. The Morgan fingerprint density at radius 2 is 1.51 bits per heavy atom. The van der Waals surface area contributed by atoms with Crippen molar-refractivity contribution in [3.05, 3.63) is 63.6 Å². The lowest BCUT2D eigenvalue weighted by Gasteiger charge is -2.41. The van der Waals surface area contributed by atoms with Crippen LogP contribution in [0.25, 0.3) is 6.08 Å². The highest BCUT2D eigenvalue weighted by Crippen LogP contribution is 2.33. The molecule has 0 N–H and O–H groups in total. The second-order valence-corrected chi connectivity index (χ2v) is 10.4. The maximum atomic E-state index is 13.4. The van der Waals surface area contributed by atoms with E-state index in [4.69, 9.17) is 32.7 Å². The summed E-state index contributed by atoms with van der Waals surface area (Å²) in [6.07, 6.45) is 15.6. The molecule has 35 heavy (non-hydrogen) atoms. The molecule has 2 aromatic carbocycles. The Balaban J connectivity index is 1.46. The Bertz CT molecular complexity index is 988. The molecule has 0 heterocycles. The van der Waals surface area contributed by atoms with Crippen LogP contribution in [-0.2, 0) is 11.4 Å². The van der Waals surface area contributed by atoms with Crippen molar-refractivity contribution >= 4 is 35.2 Å². The second-order valence-electron chi connectivity index (χ2n) is 9.56. The maximum Gasteiger partial charge on any atom is 0.247 e. The number of rotatable bonds is 8. The van der Waals surface area contributed by atoms with E-state index in [9.17, 15) is 4.79 Å². The summed E-state index contributed by atoms with van der Waals surface area (Å²) in [5.41, 5.74) is 1.63. The van der Waals surface area contributed by atoms with Gasteiger partial charge >= 0.3 is 0 Å². The highest BCUT2D eigenvalue weighted by molar-refractivity contribution is 6.35. The van der Waals surface area contributed by atoms with Crippen molar-refractivity contribution in [2.24, 2.45) is 0 Å². The zero-order chi connectivity index (χ0) is 24.6. The second kappa shape index (κ2) is 12.7. The van der Waals surface area contributed by atoms with Crippen molar-refractivity contribution in [1.82, 2.24) is 4.90 Å². The number of hydrogen-bond acceptors (Lipinski definition) is 3. The minimum Gasteiger partial charge on any atom is -0.493 e. The number of carbonyl (C=O) groups excluding carboxylic acids is 1. The van der Waals surface area contributed by atoms with Gasteiger partial charge in [-0.2, -0.15) is 0 Å². The van der Waals surface area contributed by atoms with E-state index in [0.29, 0.717) is 33.6 Å². The van der Waals surface area contributed by atoms with Gasteiger partial charge in [0, 0.05) is 33.8 Å². The van der Waals surface area contributed by atoms with Crippen LogP contribution < -0.4 is 9.47 Å². The van der Waals surface area contributed by atoms with E-state index in [1.165, 1.54) is 38.5 Å². The molecule has 6 heteroatoms. The highest BCUT2D eigenvalue weighted by Gasteiger charge is 2.31. The summed E-state index contributed by atoms with van der Waals surface area (Å²) >= 11 is 12.5. The molecule has 0 saturated heterocycles. The summed E-state index contributed by atoms with van der Waals surface area (Å²) in [6, 6.07) is 11.8. The molecule has 0 aromatic heterocycles. The van der Waals surface area contributed by atoms with Gasteiger partial charge in [-0.15, -0.1) is 0 Å². The van der Waals surface area contributed by atoms with Gasteiger partial charge in [0.15, 0.2) is 11.5 Å². The fourth-order valence-corrected chi connectivity index (χ4v) is 5.86. The van der Waals surface area contributed by atoms with Crippen molar-refractivity contribution in [2.45, 2.75) is 82.9 Å². The van der Waals surface area contributed by atoms with Gasteiger partial charge in [-0.05, 0) is 61.6 Å². The predicted molar refractivity (Wildman–Crippen MR) is 143 cm³/mol. The number of benzene rings is 2. The van der Waals surface area contributed by atoms with Crippen LogP contribution >= 0.6 is 23.2 Å². The Morgan fingerprint density at radius 1 is 0.914 bits per heavy atom. The average Bonchev–Trinajstić information content (AvgIpc) is 2.89. The van der Waals surface area contributed by atoms with Gasteiger partial charge in [0.05, 0.1) is 7.11 Å². The standard InChI is InChI=1S/C29H35Cl2NO3/c1-34-28-19-21(15-17-27(28)35-20-24-25(30)13-8-14-26(24)31)16-18-29(33)32(22-9-4-2-5-10-22)23-11-6-3-7-12-23/h8,13-19,22-23H,2-7,9-12,20H2,1H3/b18-16+. The van der Waals surface area contributed by atoms with Crippen LogP contribution in [0.5, 0.6) is 11.5 Å². The number of hydrogen-bond donors (Lipinski definition) is 0. The molecule has 1 amide bonds. The molecular weight excluding hydrogens is 481 g/mol. The number of carbonyl (C=O) groups is 1. The first-order valence-electron chi connectivity index (χ1n) is 12.8. The molecule has 2 aromatic rings. The van der Waals surface area contributed by atoms with Crippen LogP contribution in [0.2, 0.25) is 10.0 Å². The molecule has 2 fully saturated rings. The van der Waals surface area contributed by atoms with Gasteiger partial charge in [-0.3, -0.25) is 4.79 Å². The first-order chi connectivity index (χ1) is 17.1. The van der Waals surface area contributed by atoms with Crippen molar-refractivity contribution in [3.63, 3.8) is 0 Å². The van der Waals surface area contributed by atoms with Gasteiger partial charge in [-0.25, -0.2) is 0 Å². The third-order valence-electron chi connectivity index (χ3n) is 7.23. The van der Waals surface area contributed by atoms with Crippen LogP contribution in [0.1, 0.15) is 75.3 Å². The summed E-state index contributed by atoms with van der Waals surface area (Å²) in [5.74, 6) is 1.33. The number of nitrogens with zero attached hydrogens (tertiary/aromatic N) is 1. The van der Waals surface area contributed by atoms with Crippen LogP contribution in [-0.4, -0.2) is 30.0 Å². The Morgan fingerprint density at radius 3 is 2.09 bits per heavy atom. The van der Waals surface area contributed by atoms with Gasteiger partial charge < -0.3 is 14.4 Å². The van der Waals surface area contributed by atoms with E-state index in [0.717, 1.165) is 36.8 Å². The molecule has 0 radical (unpaired) electrons. The molecule has 2 aliphatic carbocycles. The molecule has 2 aliphatic rings. The minimum absolute atomic E-state index is 0.136. The molecular formula is C29H35Cl2NO3. The molecule has 4 nitrogen and oxygen atoms in total. The quantitative estimate of drug-likeness (QED) is 0.333. The Hall–Kier alpha value is -2.17. The SMILES string of the molecule is COc1cc(/C=C/C(=O)N(C2CCCCC2)C2CCCCC2)ccc1OCc1c(Cl)cccc1Cl. The molecule has 0 unspecified atom stereocenters. The molecule has 0 atom stereocenters. The summed E-state index contributed by atoms with van der Waals surface area (Å²) < 4.78 is 11.5. The smallest absolute Gasteiger partial charge is 0.247 e. The lowest BCUT2D eigenvalue weighted by Crippen LogP contribution is -2.48. The molecule has 2 saturated carbocycles. The van der Waals surface area contributed by atoms with Gasteiger partial charge in [0.1, 0.15) is 6.61 Å². The fourth-order valence-electron chi connectivity index (χ4n) is 5.36. The minimum atomic E-state index is 0.136. The number of methoxy groups -OCH3 is 1. The summed E-state index contributed by atoms with van der Waals surface area (Å²) in [5, 5.41) is 1.13. The number of ether oxygens (including phenoxy) is 2. The summed E-state index contributed by atoms with van der Waals surface area (Å²) in [6.45, 7) is 0.236. The lowest BCUT2D eigenvalue weighted by atomic mass is 9.88. The van der Waals surface area contributed by atoms with Crippen molar-refractivity contribution in [2.75, 3.05) is 7.11 Å². The first kappa shape index (κ1) is 25.9. The van der Waals surface area contributed by atoms with E-state index in [1.54, 1.807) is 31.4 Å². The van der Waals surface area contributed by atoms with Gasteiger partial charge in [0.25, 0.3) is 0 Å². The maximum absolute atomic E-state index is 13.4. The molecule has 188 valence electrons. The van der Waals surface area contributed by atoms with Crippen LogP contribution in [0, 0.1) is 0 Å². The molecule has 4 rings (SSSR count). The van der Waals surface area contributed by atoms with E-state index in [1.807, 2.05) is 24.3 Å². The van der Waals surface area contributed by atoms with E-state index in [2.05, 4.69) is 4.90 Å². The van der Waals surface area contributed by atoms with E-state index < -0.39 is 0 Å². The number of halogens is 2. The summed E-state index contributed by atoms with van der Waals surface area (Å²) in [7, 11) is 1.61. The van der Waals surface area contributed by atoms with E-state index in [-0.39, 0.29) is 12.5 Å². The average molecular weight is 517 g/mol. The van der Waals surface area contributed by atoms with Gasteiger partial charge in [-0.1, -0.05) is 73.9 Å². The molecule has 0 aliphatic heterocycles. The Labute approximate surface area is 219 Å². The van der Waals surface area contributed by atoms with Gasteiger partial charge in [0.2, 0.25) is 5.91 Å². The van der Waals surface area contributed by atoms with Crippen LogP contribution in [0.4, 0.5) is 0 Å². The van der Waals surface area contributed by atoms with Crippen LogP contribution in [0.3, 0.4) is 0 Å². The van der Waals surface area contributed by atoms with Crippen molar-refractivity contribution in [3.8, 4) is 11.5 Å². The zero-order valence-corrected chi connectivity index (χ0v) is 22.0.